The molecule has 0 aromatic rings. The van der Waals surface area contributed by atoms with Gasteiger partial charge < -0.3 is 22.4 Å². The molecule has 0 radical (unpaired) electrons. The summed E-state index contributed by atoms with van der Waals surface area (Å²) in [5, 5.41) is 0. The van der Waals surface area contributed by atoms with Gasteiger partial charge in [-0.3, -0.25) is 0 Å². The maximum Gasteiger partial charge on any atom is -0.00768 e. The van der Waals surface area contributed by atoms with Crippen LogP contribution >= 0.6 is 0 Å². The molecule has 0 amide bonds. The quantitative estimate of drug-likeness (QED) is 0.425. The van der Waals surface area contributed by atoms with Crippen molar-refractivity contribution < 1.29 is 11.0 Å². The monoisotopic (exact) mass is 124 g/mol. The number of rotatable bonds is 3. The van der Waals surface area contributed by atoms with Crippen molar-refractivity contribution in [3.8, 4) is 0 Å². The molecule has 0 fully saturated rings. The van der Waals surface area contributed by atoms with Gasteiger partial charge in [0.2, 0.25) is 0 Å². The van der Waals surface area contributed by atoms with E-state index in [1.54, 1.807) is 0 Å². The van der Waals surface area contributed by atoms with Crippen molar-refractivity contribution in [2.24, 2.45) is 11.5 Å². The highest BCUT2D eigenvalue weighted by atomic mass is 16.0. The van der Waals surface area contributed by atoms with Crippen molar-refractivity contribution >= 4 is 0 Å². The van der Waals surface area contributed by atoms with E-state index in [-0.39, 0.29) is 11.0 Å². The lowest BCUT2D eigenvalue weighted by molar-refractivity contribution is 0.755. The molecule has 0 saturated heterocycles. The first-order valence-corrected chi connectivity index (χ1v) is 2.32. The Morgan fingerprint density at radius 3 is 1.12 bits per heavy atom. The first-order chi connectivity index (χ1) is 2.91. The summed E-state index contributed by atoms with van der Waals surface area (Å²) in [6.07, 6.45) is 2.13. The van der Waals surface area contributed by atoms with Crippen LogP contribution in [0.3, 0.4) is 0 Å². The minimum absolute atomic E-state index is 0. The summed E-state index contributed by atoms with van der Waals surface area (Å²) in [6, 6.07) is 0. The second-order valence-corrected chi connectivity index (χ2v) is 1.28. The van der Waals surface area contributed by atoms with Crippen molar-refractivity contribution in [3.63, 3.8) is 0 Å². The van der Waals surface area contributed by atoms with Crippen LogP contribution in [-0.2, 0) is 0 Å². The lowest BCUT2D eigenvalue weighted by atomic mass is 10.3. The average Bonchev–Trinajstić information content (AvgIpc) is 1.61. The van der Waals surface area contributed by atoms with E-state index in [9.17, 15) is 0 Å². The molecule has 0 spiro atoms. The van der Waals surface area contributed by atoms with Gasteiger partial charge in [-0.15, -0.1) is 0 Å². The van der Waals surface area contributed by atoms with Gasteiger partial charge in [0.15, 0.2) is 0 Å². The highest BCUT2D eigenvalue weighted by Crippen LogP contribution is 1.77. The lowest BCUT2D eigenvalue weighted by Crippen LogP contribution is -2.03. The van der Waals surface area contributed by atoms with Crippen molar-refractivity contribution in [2.45, 2.75) is 12.8 Å². The van der Waals surface area contributed by atoms with Crippen LogP contribution in [0.4, 0.5) is 0 Å². The van der Waals surface area contributed by atoms with Crippen LogP contribution in [0.15, 0.2) is 0 Å². The zero-order valence-corrected chi connectivity index (χ0v) is 4.98. The molecule has 0 aliphatic heterocycles. The van der Waals surface area contributed by atoms with Crippen LogP contribution < -0.4 is 11.5 Å². The van der Waals surface area contributed by atoms with Gasteiger partial charge in [0.25, 0.3) is 0 Å². The minimum Gasteiger partial charge on any atom is -0.412 e. The van der Waals surface area contributed by atoms with Crippen LogP contribution in [0.2, 0.25) is 0 Å². The number of nitrogens with two attached hydrogens (primary N) is 2. The molecule has 0 aliphatic rings. The molecule has 8 heavy (non-hydrogen) atoms. The molecule has 0 aliphatic carbocycles. The Labute approximate surface area is 49.5 Å². The molecule has 4 heteroatoms. The first kappa shape index (κ1) is 15.7. The molecule has 4 nitrogen and oxygen atoms in total. The van der Waals surface area contributed by atoms with Gasteiger partial charge in [0, 0.05) is 0 Å². The van der Waals surface area contributed by atoms with Crippen LogP contribution in [0.1, 0.15) is 12.8 Å². The zero-order chi connectivity index (χ0) is 4.83. The first-order valence-electron chi connectivity index (χ1n) is 2.32. The van der Waals surface area contributed by atoms with E-state index in [0.29, 0.717) is 0 Å². The molecule has 8 N–H and O–H groups in total. The summed E-state index contributed by atoms with van der Waals surface area (Å²) < 4.78 is 0. The molecule has 0 aromatic carbocycles. The van der Waals surface area contributed by atoms with E-state index < -0.39 is 0 Å². The highest BCUT2D eigenvalue weighted by Gasteiger charge is 1.75. The van der Waals surface area contributed by atoms with E-state index in [4.69, 9.17) is 11.5 Å². The predicted molar refractivity (Wildman–Crippen MR) is 34.6 cm³/mol. The summed E-state index contributed by atoms with van der Waals surface area (Å²) in [7, 11) is 0. The molecular formula is C4H16N2O2. The smallest absolute Gasteiger partial charge is 0.00768 e. The normalized spacial score (nSPS) is 6.75. The van der Waals surface area contributed by atoms with Crippen molar-refractivity contribution in [3.05, 3.63) is 0 Å². The summed E-state index contributed by atoms with van der Waals surface area (Å²) in [4.78, 5) is 0. The lowest BCUT2D eigenvalue weighted by Gasteiger charge is -1.87. The van der Waals surface area contributed by atoms with Gasteiger partial charge in [0.1, 0.15) is 0 Å². The Kier molecular flexibility index (Phi) is 31.0. The highest BCUT2D eigenvalue weighted by molar-refractivity contribution is 4.38. The second kappa shape index (κ2) is 15.8. The maximum atomic E-state index is 5.16. The van der Waals surface area contributed by atoms with Crippen LogP contribution in [-0.4, -0.2) is 24.0 Å². The fourth-order valence-electron chi connectivity index (χ4n) is 0.289. The van der Waals surface area contributed by atoms with Crippen molar-refractivity contribution in [2.75, 3.05) is 13.1 Å². The molecule has 0 heterocycles. The van der Waals surface area contributed by atoms with E-state index in [0.717, 1.165) is 25.9 Å². The maximum absolute atomic E-state index is 5.16. The predicted octanol–water partition coefficient (Wildman–Crippen LogP) is -1.97. The van der Waals surface area contributed by atoms with Crippen molar-refractivity contribution in [1.82, 2.24) is 0 Å². The fraction of sp³-hybridized carbons (Fsp3) is 1.00. The largest absolute Gasteiger partial charge is 0.412 e. The number of hydrogen-bond acceptors (Lipinski definition) is 2. The van der Waals surface area contributed by atoms with E-state index >= 15 is 0 Å². The van der Waals surface area contributed by atoms with Gasteiger partial charge in [-0.05, 0) is 25.9 Å². The standard InChI is InChI=1S/C4H12N2.2H2O/c5-3-1-2-4-6;;/h1-6H2;2*1H2. The third-order valence-corrected chi connectivity index (χ3v) is 0.658. The Hall–Kier alpha value is -0.160. The summed E-state index contributed by atoms with van der Waals surface area (Å²) >= 11 is 0. The van der Waals surface area contributed by atoms with Crippen LogP contribution in [0.25, 0.3) is 0 Å². The number of hydrogen-bond donors (Lipinski definition) is 2. The minimum atomic E-state index is 0. The summed E-state index contributed by atoms with van der Waals surface area (Å²) in [6.45, 7) is 1.55. The Bertz CT molecular complexity index is 24.0. The third kappa shape index (κ3) is 17.0. The third-order valence-electron chi connectivity index (χ3n) is 0.658. The topological polar surface area (TPSA) is 115 Å². The van der Waals surface area contributed by atoms with Gasteiger partial charge >= 0.3 is 0 Å². The molecule has 0 atom stereocenters. The summed E-state index contributed by atoms with van der Waals surface area (Å²) in [5.41, 5.74) is 10.3. The molecule has 0 bridgehead atoms. The van der Waals surface area contributed by atoms with Crippen molar-refractivity contribution in [1.29, 1.82) is 0 Å². The zero-order valence-electron chi connectivity index (χ0n) is 4.98. The average molecular weight is 124 g/mol. The molecule has 0 unspecified atom stereocenters. The van der Waals surface area contributed by atoms with Gasteiger partial charge in [-0.2, -0.15) is 0 Å². The molecule has 54 valence electrons. The number of unbranched alkanes of at least 4 members (excludes halogenated alkanes) is 1. The molecule has 0 saturated carbocycles. The van der Waals surface area contributed by atoms with Crippen LogP contribution in [0.5, 0.6) is 0 Å². The van der Waals surface area contributed by atoms with E-state index in [1.165, 1.54) is 0 Å². The molecule has 0 aromatic heterocycles. The summed E-state index contributed by atoms with van der Waals surface area (Å²) in [5.74, 6) is 0. The Morgan fingerprint density at radius 2 is 1.00 bits per heavy atom. The Balaban J connectivity index is -0.000000125. The fourth-order valence-corrected chi connectivity index (χ4v) is 0.289. The van der Waals surface area contributed by atoms with Gasteiger partial charge in [-0.25, -0.2) is 0 Å². The second-order valence-electron chi connectivity index (χ2n) is 1.28. The Morgan fingerprint density at radius 1 is 0.750 bits per heavy atom. The SMILES string of the molecule is NCCCCN.O.O. The van der Waals surface area contributed by atoms with Gasteiger partial charge in [0.05, 0.1) is 0 Å². The molecule has 0 rings (SSSR count). The van der Waals surface area contributed by atoms with Gasteiger partial charge in [-0.1, -0.05) is 0 Å². The van der Waals surface area contributed by atoms with Crippen LogP contribution in [0, 0.1) is 0 Å². The van der Waals surface area contributed by atoms with E-state index in [2.05, 4.69) is 0 Å². The molecular weight excluding hydrogens is 108 g/mol. The van der Waals surface area contributed by atoms with E-state index in [1.807, 2.05) is 0 Å².